The monoisotopic (exact) mass is 268 g/mol. The van der Waals surface area contributed by atoms with Gasteiger partial charge >= 0.3 is 0 Å². The van der Waals surface area contributed by atoms with Crippen molar-refractivity contribution < 1.29 is 4.79 Å². The van der Waals surface area contributed by atoms with Crippen molar-refractivity contribution in [3.63, 3.8) is 0 Å². The maximum atomic E-state index is 11.7. The molecule has 1 atom stereocenters. The summed E-state index contributed by atoms with van der Waals surface area (Å²) in [5.74, 6) is 0.0869. The first-order valence-corrected chi connectivity index (χ1v) is 7.47. The molecule has 2 N–H and O–H groups in total. The Morgan fingerprint density at radius 1 is 1.33 bits per heavy atom. The van der Waals surface area contributed by atoms with E-state index in [-0.39, 0.29) is 11.9 Å². The van der Waals surface area contributed by atoms with Gasteiger partial charge in [-0.25, -0.2) is 0 Å². The number of carbonyl (C=O) groups excluding carboxylic acids is 1. The molecule has 1 aromatic rings. The van der Waals surface area contributed by atoms with Crippen molar-refractivity contribution in [3.05, 3.63) is 21.9 Å². The first kappa shape index (κ1) is 15.2. The molecule has 0 aliphatic carbocycles. The normalized spacial score (nSPS) is 12.7. The van der Waals surface area contributed by atoms with E-state index in [0.717, 1.165) is 12.8 Å². The lowest BCUT2D eigenvalue weighted by molar-refractivity contribution is -0.121. The number of carbonyl (C=O) groups is 1. The van der Waals surface area contributed by atoms with Gasteiger partial charge in [0.1, 0.15) is 0 Å². The van der Waals surface area contributed by atoms with Gasteiger partial charge in [0.05, 0.1) is 6.54 Å². The third kappa shape index (κ3) is 4.78. The minimum absolute atomic E-state index is 0.0869. The fourth-order valence-corrected chi connectivity index (χ4v) is 2.71. The molecule has 0 aliphatic rings. The summed E-state index contributed by atoms with van der Waals surface area (Å²) in [7, 11) is 0. The van der Waals surface area contributed by atoms with Gasteiger partial charge in [0.25, 0.3) is 0 Å². The number of hydrogen-bond donors (Lipinski definition) is 2. The topological polar surface area (TPSA) is 41.1 Å². The molecule has 102 valence electrons. The van der Waals surface area contributed by atoms with Gasteiger partial charge in [0, 0.05) is 21.8 Å². The average Bonchev–Trinajstić information content (AvgIpc) is 2.79. The van der Waals surface area contributed by atoms with Crippen LogP contribution in [0.1, 0.15) is 49.4 Å². The summed E-state index contributed by atoms with van der Waals surface area (Å²) in [4.78, 5) is 14.3. The van der Waals surface area contributed by atoms with E-state index in [1.54, 1.807) is 11.3 Å². The molecule has 18 heavy (non-hydrogen) atoms. The van der Waals surface area contributed by atoms with E-state index in [1.165, 1.54) is 9.75 Å². The van der Waals surface area contributed by atoms with Crippen LogP contribution in [0, 0.1) is 6.92 Å². The van der Waals surface area contributed by atoms with Crippen molar-refractivity contribution in [2.75, 3.05) is 6.54 Å². The lowest BCUT2D eigenvalue weighted by Gasteiger charge is -2.16. The number of rotatable bonds is 7. The number of hydrogen-bond acceptors (Lipinski definition) is 3. The van der Waals surface area contributed by atoms with Crippen LogP contribution in [0.4, 0.5) is 0 Å². The molecule has 0 bridgehead atoms. The van der Waals surface area contributed by atoms with E-state index in [2.05, 4.69) is 50.5 Å². The van der Waals surface area contributed by atoms with Gasteiger partial charge in [0.15, 0.2) is 0 Å². The zero-order chi connectivity index (χ0) is 13.5. The van der Waals surface area contributed by atoms with Gasteiger partial charge in [-0.3, -0.25) is 4.79 Å². The van der Waals surface area contributed by atoms with Crippen molar-refractivity contribution in [1.82, 2.24) is 10.6 Å². The molecule has 0 radical (unpaired) electrons. The van der Waals surface area contributed by atoms with Crippen molar-refractivity contribution in [1.29, 1.82) is 0 Å². The summed E-state index contributed by atoms with van der Waals surface area (Å²) in [5.41, 5.74) is 0. The van der Waals surface area contributed by atoms with Crippen molar-refractivity contribution in [3.8, 4) is 0 Å². The maximum absolute atomic E-state index is 11.7. The van der Waals surface area contributed by atoms with Crippen LogP contribution >= 0.6 is 11.3 Å². The summed E-state index contributed by atoms with van der Waals surface area (Å²) < 4.78 is 0. The van der Waals surface area contributed by atoms with Gasteiger partial charge < -0.3 is 10.6 Å². The van der Waals surface area contributed by atoms with Gasteiger partial charge in [-0.05, 0) is 38.8 Å². The molecule has 0 fully saturated rings. The summed E-state index contributed by atoms with van der Waals surface area (Å²) in [5, 5.41) is 6.29. The van der Waals surface area contributed by atoms with Crippen molar-refractivity contribution in [2.45, 2.75) is 52.6 Å². The Kier molecular flexibility index (Phi) is 6.36. The van der Waals surface area contributed by atoms with Crippen LogP contribution in [0.5, 0.6) is 0 Å². The van der Waals surface area contributed by atoms with Crippen LogP contribution in [-0.4, -0.2) is 18.5 Å². The summed E-state index contributed by atoms with van der Waals surface area (Å²) in [6.07, 6.45) is 1.98. The first-order valence-electron chi connectivity index (χ1n) is 6.65. The van der Waals surface area contributed by atoms with Crippen LogP contribution in [0.25, 0.3) is 0 Å². The molecule has 0 saturated heterocycles. The number of aryl methyl sites for hydroxylation is 1. The van der Waals surface area contributed by atoms with E-state index in [9.17, 15) is 4.79 Å². The van der Waals surface area contributed by atoms with E-state index in [4.69, 9.17) is 0 Å². The highest BCUT2D eigenvalue weighted by Crippen LogP contribution is 2.21. The Labute approximate surface area is 114 Å². The van der Waals surface area contributed by atoms with Crippen LogP contribution < -0.4 is 10.6 Å². The highest BCUT2D eigenvalue weighted by atomic mass is 32.1. The molecule has 0 saturated carbocycles. The predicted molar refractivity (Wildman–Crippen MR) is 78.0 cm³/mol. The second kappa shape index (κ2) is 7.54. The quantitative estimate of drug-likeness (QED) is 0.798. The Bertz CT molecular complexity index is 372. The lowest BCUT2D eigenvalue weighted by Crippen LogP contribution is -2.40. The summed E-state index contributed by atoms with van der Waals surface area (Å²) in [6, 6.07) is 4.77. The fraction of sp³-hybridized carbons (Fsp3) is 0.643. The second-order valence-electron chi connectivity index (χ2n) is 4.63. The minimum Gasteiger partial charge on any atom is -0.352 e. The molecule has 3 nitrogen and oxygen atoms in total. The molecule has 0 spiro atoms. The molecule has 4 heteroatoms. The van der Waals surface area contributed by atoms with Crippen molar-refractivity contribution >= 4 is 17.2 Å². The van der Waals surface area contributed by atoms with Gasteiger partial charge in [-0.2, -0.15) is 0 Å². The first-order chi connectivity index (χ1) is 8.56. The molecule has 1 aromatic heterocycles. The molecule has 1 unspecified atom stereocenters. The van der Waals surface area contributed by atoms with Crippen LogP contribution in [0.3, 0.4) is 0 Å². The Morgan fingerprint density at radius 3 is 2.50 bits per heavy atom. The summed E-state index contributed by atoms with van der Waals surface area (Å²) in [6.45, 7) is 8.77. The van der Waals surface area contributed by atoms with E-state index in [1.807, 2.05) is 0 Å². The zero-order valence-electron chi connectivity index (χ0n) is 11.7. The van der Waals surface area contributed by atoms with Crippen LogP contribution in [-0.2, 0) is 4.79 Å². The summed E-state index contributed by atoms with van der Waals surface area (Å²) >= 11 is 1.78. The molecular formula is C14H24N2OS. The lowest BCUT2D eigenvalue weighted by atomic mass is 10.2. The standard InChI is InChI=1S/C14H24N2OS/c1-5-12(6-2)16-14(17)9-15-11(4)13-8-7-10(3)18-13/h7-8,11-12,15H,5-6,9H2,1-4H3,(H,16,17). The van der Waals surface area contributed by atoms with Crippen LogP contribution in [0.15, 0.2) is 12.1 Å². The molecule has 1 rings (SSSR count). The Morgan fingerprint density at radius 2 is 2.00 bits per heavy atom. The highest BCUT2D eigenvalue weighted by molar-refractivity contribution is 7.12. The number of thiophene rings is 1. The average molecular weight is 268 g/mol. The van der Waals surface area contributed by atoms with Gasteiger partial charge in [-0.1, -0.05) is 13.8 Å². The highest BCUT2D eigenvalue weighted by Gasteiger charge is 2.11. The predicted octanol–water partition coefficient (Wildman–Crippen LogP) is 3.01. The molecular weight excluding hydrogens is 244 g/mol. The molecule has 0 aliphatic heterocycles. The van der Waals surface area contributed by atoms with E-state index >= 15 is 0 Å². The largest absolute Gasteiger partial charge is 0.352 e. The SMILES string of the molecule is CCC(CC)NC(=O)CNC(C)c1ccc(C)s1. The van der Waals surface area contributed by atoms with Gasteiger partial charge in [-0.15, -0.1) is 11.3 Å². The third-order valence-corrected chi connectivity index (χ3v) is 4.29. The van der Waals surface area contributed by atoms with Gasteiger partial charge in [0.2, 0.25) is 5.91 Å². The number of amides is 1. The van der Waals surface area contributed by atoms with Crippen LogP contribution in [0.2, 0.25) is 0 Å². The molecule has 0 aromatic carbocycles. The second-order valence-corrected chi connectivity index (χ2v) is 5.95. The molecule has 1 heterocycles. The Balaban J connectivity index is 2.34. The molecule has 1 amide bonds. The smallest absolute Gasteiger partial charge is 0.234 e. The van der Waals surface area contributed by atoms with E-state index < -0.39 is 0 Å². The Hall–Kier alpha value is -0.870. The maximum Gasteiger partial charge on any atom is 0.234 e. The minimum atomic E-state index is 0.0869. The van der Waals surface area contributed by atoms with E-state index in [0.29, 0.717) is 12.6 Å². The number of nitrogens with one attached hydrogen (secondary N) is 2. The van der Waals surface area contributed by atoms with Crippen molar-refractivity contribution in [2.24, 2.45) is 0 Å². The third-order valence-electron chi connectivity index (χ3n) is 3.11. The zero-order valence-corrected chi connectivity index (χ0v) is 12.6. The fourth-order valence-electron chi connectivity index (χ4n) is 1.80.